The van der Waals surface area contributed by atoms with Gasteiger partial charge in [-0.25, -0.2) is 0 Å². The molecule has 0 spiro atoms. The third-order valence-electron chi connectivity index (χ3n) is 2.86. The number of benzene rings is 2. The first-order valence-electron chi connectivity index (χ1n) is 6.12. The van der Waals surface area contributed by atoms with Crippen LogP contribution in [0.5, 0.6) is 5.75 Å². The van der Waals surface area contributed by atoms with E-state index in [1.807, 2.05) is 55.5 Å². The summed E-state index contributed by atoms with van der Waals surface area (Å²) >= 11 is 0. The summed E-state index contributed by atoms with van der Waals surface area (Å²) in [6.45, 7) is 4.28. The van der Waals surface area contributed by atoms with Crippen molar-refractivity contribution in [1.29, 1.82) is 0 Å². The molecular weight excluding hydrogens is 224 g/mol. The standard InChI is InChI=1S/C16H18O2/c1-12-8-9-15(13(2)17)16(10-12)18-11-14-6-4-3-5-7-14/h3-10,13,17H,11H2,1-2H3. The second-order valence-electron chi connectivity index (χ2n) is 4.49. The lowest BCUT2D eigenvalue weighted by molar-refractivity contribution is 0.190. The van der Waals surface area contributed by atoms with Gasteiger partial charge in [0.15, 0.2) is 0 Å². The quantitative estimate of drug-likeness (QED) is 0.887. The maximum Gasteiger partial charge on any atom is 0.125 e. The molecule has 1 unspecified atom stereocenters. The molecule has 18 heavy (non-hydrogen) atoms. The van der Waals surface area contributed by atoms with E-state index in [0.29, 0.717) is 6.61 Å². The van der Waals surface area contributed by atoms with Crippen molar-refractivity contribution in [1.82, 2.24) is 0 Å². The molecule has 2 nitrogen and oxygen atoms in total. The van der Waals surface area contributed by atoms with E-state index in [2.05, 4.69) is 0 Å². The van der Waals surface area contributed by atoms with Crippen molar-refractivity contribution in [2.24, 2.45) is 0 Å². The molecule has 0 aliphatic heterocycles. The van der Waals surface area contributed by atoms with E-state index < -0.39 is 6.10 Å². The van der Waals surface area contributed by atoms with Crippen molar-refractivity contribution in [3.63, 3.8) is 0 Å². The van der Waals surface area contributed by atoms with Gasteiger partial charge in [-0.2, -0.15) is 0 Å². The average molecular weight is 242 g/mol. The van der Waals surface area contributed by atoms with Gasteiger partial charge in [-0.05, 0) is 31.0 Å². The zero-order chi connectivity index (χ0) is 13.0. The molecule has 0 aliphatic rings. The number of ether oxygens (including phenoxy) is 1. The summed E-state index contributed by atoms with van der Waals surface area (Å²) < 4.78 is 5.81. The van der Waals surface area contributed by atoms with Crippen molar-refractivity contribution in [2.75, 3.05) is 0 Å². The molecule has 0 saturated carbocycles. The highest BCUT2D eigenvalue weighted by Gasteiger charge is 2.09. The molecule has 0 aromatic heterocycles. The van der Waals surface area contributed by atoms with E-state index >= 15 is 0 Å². The van der Waals surface area contributed by atoms with E-state index in [4.69, 9.17) is 4.74 Å². The summed E-state index contributed by atoms with van der Waals surface area (Å²) in [7, 11) is 0. The highest BCUT2D eigenvalue weighted by molar-refractivity contribution is 5.38. The van der Waals surface area contributed by atoms with Crippen molar-refractivity contribution in [3.05, 3.63) is 65.2 Å². The monoisotopic (exact) mass is 242 g/mol. The molecule has 0 heterocycles. The van der Waals surface area contributed by atoms with Gasteiger partial charge in [-0.3, -0.25) is 0 Å². The Morgan fingerprint density at radius 2 is 1.83 bits per heavy atom. The number of hydrogen-bond acceptors (Lipinski definition) is 2. The van der Waals surface area contributed by atoms with Crippen LogP contribution in [0.1, 0.15) is 29.7 Å². The van der Waals surface area contributed by atoms with Gasteiger partial charge < -0.3 is 9.84 Å². The molecule has 0 saturated heterocycles. The summed E-state index contributed by atoms with van der Waals surface area (Å²) in [6.07, 6.45) is -0.517. The zero-order valence-electron chi connectivity index (χ0n) is 10.8. The maximum absolute atomic E-state index is 9.71. The highest BCUT2D eigenvalue weighted by atomic mass is 16.5. The minimum Gasteiger partial charge on any atom is -0.489 e. The van der Waals surface area contributed by atoms with Crippen LogP contribution in [0.25, 0.3) is 0 Å². The molecule has 0 amide bonds. The Bertz CT molecular complexity index is 504. The van der Waals surface area contributed by atoms with E-state index in [1.54, 1.807) is 6.92 Å². The normalized spacial score (nSPS) is 12.2. The molecule has 1 atom stereocenters. The molecule has 1 N–H and O–H groups in total. The van der Waals surface area contributed by atoms with E-state index in [1.165, 1.54) is 0 Å². The van der Waals surface area contributed by atoms with Crippen molar-refractivity contribution < 1.29 is 9.84 Å². The van der Waals surface area contributed by atoms with E-state index in [-0.39, 0.29) is 0 Å². The molecule has 0 aliphatic carbocycles. The summed E-state index contributed by atoms with van der Waals surface area (Å²) in [6, 6.07) is 15.9. The van der Waals surface area contributed by atoms with Gasteiger partial charge in [0.05, 0.1) is 6.10 Å². The molecule has 0 fully saturated rings. The number of hydrogen-bond donors (Lipinski definition) is 1. The number of rotatable bonds is 4. The Morgan fingerprint density at radius 3 is 2.50 bits per heavy atom. The molecule has 94 valence electrons. The third-order valence-corrected chi connectivity index (χ3v) is 2.86. The third kappa shape index (κ3) is 3.11. The fraction of sp³-hybridized carbons (Fsp3) is 0.250. The predicted molar refractivity (Wildman–Crippen MR) is 72.6 cm³/mol. The van der Waals surface area contributed by atoms with Gasteiger partial charge in [-0.15, -0.1) is 0 Å². The molecule has 2 aromatic carbocycles. The van der Waals surface area contributed by atoms with Crippen LogP contribution in [0.4, 0.5) is 0 Å². The van der Waals surface area contributed by atoms with Crippen LogP contribution in [0.2, 0.25) is 0 Å². The van der Waals surface area contributed by atoms with Crippen molar-refractivity contribution in [2.45, 2.75) is 26.6 Å². The molecule has 2 aromatic rings. The van der Waals surface area contributed by atoms with Crippen LogP contribution < -0.4 is 4.74 Å². The molecule has 2 rings (SSSR count). The lowest BCUT2D eigenvalue weighted by Gasteiger charge is -2.14. The fourth-order valence-electron chi connectivity index (χ4n) is 1.85. The van der Waals surface area contributed by atoms with Crippen molar-refractivity contribution >= 4 is 0 Å². The summed E-state index contributed by atoms with van der Waals surface area (Å²) in [5.41, 5.74) is 3.08. The SMILES string of the molecule is Cc1ccc(C(C)O)c(OCc2ccccc2)c1. The highest BCUT2D eigenvalue weighted by Crippen LogP contribution is 2.26. The van der Waals surface area contributed by atoms with Crippen LogP contribution in [0.3, 0.4) is 0 Å². The van der Waals surface area contributed by atoms with Crippen LogP contribution >= 0.6 is 0 Å². The second kappa shape index (κ2) is 5.69. The lowest BCUT2D eigenvalue weighted by Crippen LogP contribution is -2.01. The smallest absolute Gasteiger partial charge is 0.125 e. The topological polar surface area (TPSA) is 29.5 Å². The summed E-state index contributed by atoms with van der Waals surface area (Å²) in [5.74, 6) is 0.758. The average Bonchev–Trinajstić information content (AvgIpc) is 2.37. The minimum absolute atomic E-state index is 0.517. The number of aryl methyl sites for hydroxylation is 1. The Kier molecular flexibility index (Phi) is 4.00. The van der Waals surface area contributed by atoms with Crippen LogP contribution in [-0.2, 0) is 6.61 Å². The van der Waals surface area contributed by atoms with E-state index in [9.17, 15) is 5.11 Å². The first kappa shape index (κ1) is 12.7. The lowest BCUT2D eigenvalue weighted by atomic mass is 10.1. The van der Waals surface area contributed by atoms with Crippen LogP contribution in [0.15, 0.2) is 48.5 Å². The first-order valence-corrected chi connectivity index (χ1v) is 6.12. The summed E-state index contributed by atoms with van der Waals surface area (Å²) in [5, 5.41) is 9.71. The molecular formula is C16H18O2. The molecule has 0 bridgehead atoms. The van der Waals surface area contributed by atoms with E-state index in [0.717, 1.165) is 22.4 Å². The Hall–Kier alpha value is -1.80. The van der Waals surface area contributed by atoms with Gasteiger partial charge in [0.2, 0.25) is 0 Å². The Balaban J connectivity index is 2.15. The van der Waals surface area contributed by atoms with Crippen LogP contribution in [-0.4, -0.2) is 5.11 Å². The van der Waals surface area contributed by atoms with Gasteiger partial charge in [0, 0.05) is 5.56 Å². The largest absolute Gasteiger partial charge is 0.489 e. The summed E-state index contributed by atoms with van der Waals surface area (Å²) in [4.78, 5) is 0. The Labute approximate surface area is 108 Å². The zero-order valence-corrected chi connectivity index (χ0v) is 10.8. The molecule has 0 radical (unpaired) electrons. The first-order chi connectivity index (χ1) is 8.66. The van der Waals surface area contributed by atoms with Crippen molar-refractivity contribution in [3.8, 4) is 5.75 Å². The number of aliphatic hydroxyl groups excluding tert-OH is 1. The van der Waals surface area contributed by atoms with Gasteiger partial charge in [0.1, 0.15) is 12.4 Å². The van der Waals surface area contributed by atoms with Gasteiger partial charge >= 0.3 is 0 Å². The number of aliphatic hydroxyl groups is 1. The molecule has 2 heteroatoms. The van der Waals surface area contributed by atoms with Crippen LogP contribution in [0, 0.1) is 6.92 Å². The maximum atomic E-state index is 9.71. The Morgan fingerprint density at radius 1 is 1.11 bits per heavy atom. The van der Waals surface area contributed by atoms with Gasteiger partial charge in [0.25, 0.3) is 0 Å². The van der Waals surface area contributed by atoms with Gasteiger partial charge in [-0.1, -0.05) is 42.5 Å². The fourth-order valence-corrected chi connectivity index (χ4v) is 1.85. The minimum atomic E-state index is -0.517. The predicted octanol–water partition coefficient (Wildman–Crippen LogP) is 3.63. The second-order valence-corrected chi connectivity index (χ2v) is 4.49.